The summed E-state index contributed by atoms with van der Waals surface area (Å²) in [5.74, 6) is 2.59. The lowest BCUT2D eigenvalue weighted by atomic mass is 9.44. The zero-order valence-corrected chi connectivity index (χ0v) is 15.4. The molecule has 24 heavy (non-hydrogen) atoms. The molecule has 1 N–H and O–H groups in total. The highest BCUT2D eigenvalue weighted by Gasteiger charge is 2.64. The Morgan fingerprint density at radius 3 is 2.54 bits per heavy atom. The van der Waals surface area contributed by atoms with Gasteiger partial charge in [0.2, 0.25) is 0 Å². The Hall–Kier alpha value is -0.700. The van der Waals surface area contributed by atoms with Gasteiger partial charge in [0.05, 0.1) is 6.10 Å². The topological polar surface area (TPSA) is 54.4 Å². The van der Waals surface area contributed by atoms with Crippen LogP contribution in [0.25, 0.3) is 0 Å². The van der Waals surface area contributed by atoms with Gasteiger partial charge in [-0.2, -0.15) is 0 Å². The van der Waals surface area contributed by atoms with Crippen molar-refractivity contribution in [2.24, 2.45) is 40.4 Å². The summed E-state index contributed by atoms with van der Waals surface area (Å²) in [6, 6.07) is 0. The van der Waals surface area contributed by atoms with Gasteiger partial charge in [0.25, 0.3) is 0 Å². The molecule has 0 aromatic carbocycles. The van der Waals surface area contributed by atoms with Gasteiger partial charge in [-0.1, -0.05) is 13.8 Å². The van der Waals surface area contributed by atoms with Crippen LogP contribution < -0.4 is 0 Å². The van der Waals surface area contributed by atoms with E-state index in [1.807, 2.05) is 0 Å². The molecule has 3 heteroatoms. The number of ketones is 2. The van der Waals surface area contributed by atoms with Gasteiger partial charge in [-0.05, 0) is 81.0 Å². The number of aliphatic hydroxyl groups excluding tert-OH is 1. The molecular weight excluding hydrogens is 300 g/mol. The van der Waals surface area contributed by atoms with E-state index >= 15 is 0 Å². The van der Waals surface area contributed by atoms with E-state index in [0.717, 1.165) is 32.1 Å². The first-order chi connectivity index (χ1) is 11.3. The second kappa shape index (κ2) is 5.40. The third kappa shape index (κ3) is 2.06. The summed E-state index contributed by atoms with van der Waals surface area (Å²) in [4.78, 5) is 25.4. The van der Waals surface area contributed by atoms with Gasteiger partial charge in [-0.3, -0.25) is 9.59 Å². The van der Waals surface area contributed by atoms with Crippen LogP contribution >= 0.6 is 0 Å². The van der Waals surface area contributed by atoms with Crippen molar-refractivity contribution >= 4 is 11.6 Å². The Kier molecular flexibility index (Phi) is 3.77. The molecule has 4 fully saturated rings. The molecule has 0 aromatic heterocycles. The Morgan fingerprint density at radius 1 is 1.08 bits per heavy atom. The molecule has 4 saturated carbocycles. The normalized spacial score (nSPS) is 53.9. The van der Waals surface area contributed by atoms with Gasteiger partial charge < -0.3 is 5.11 Å². The maximum atomic E-state index is 13.2. The molecular formula is C21H32O3. The second-order valence-corrected chi connectivity index (χ2v) is 9.74. The van der Waals surface area contributed by atoms with Crippen LogP contribution in [0.5, 0.6) is 0 Å². The van der Waals surface area contributed by atoms with Crippen molar-refractivity contribution < 1.29 is 14.7 Å². The van der Waals surface area contributed by atoms with Gasteiger partial charge in [0.15, 0.2) is 0 Å². The molecule has 3 unspecified atom stereocenters. The molecule has 134 valence electrons. The Bertz CT molecular complexity index is 569. The fraction of sp³-hybridized carbons (Fsp3) is 0.905. The summed E-state index contributed by atoms with van der Waals surface area (Å²) in [5.41, 5.74) is -0.183. The molecule has 0 radical (unpaired) electrons. The highest BCUT2D eigenvalue weighted by atomic mass is 16.3. The summed E-state index contributed by atoms with van der Waals surface area (Å²) in [6.45, 7) is 6.18. The second-order valence-electron chi connectivity index (χ2n) is 9.74. The van der Waals surface area contributed by atoms with Crippen LogP contribution in [0.1, 0.15) is 72.1 Å². The van der Waals surface area contributed by atoms with Crippen LogP contribution in [0.15, 0.2) is 0 Å². The minimum Gasteiger partial charge on any atom is -0.393 e. The first-order valence-electron chi connectivity index (χ1n) is 10.00. The summed E-state index contributed by atoms with van der Waals surface area (Å²) >= 11 is 0. The van der Waals surface area contributed by atoms with Gasteiger partial charge in [0.1, 0.15) is 11.6 Å². The van der Waals surface area contributed by atoms with Crippen molar-refractivity contribution in [3.63, 3.8) is 0 Å². The average Bonchev–Trinajstić information content (AvgIpc) is 2.88. The minimum absolute atomic E-state index is 0.0466. The van der Waals surface area contributed by atoms with E-state index in [-0.39, 0.29) is 23.2 Å². The van der Waals surface area contributed by atoms with Crippen molar-refractivity contribution in [3.8, 4) is 0 Å². The number of hydrogen-bond donors (Lipinski definition) is 1. The summed E-state index contributed by atoms with van der Waals surface area (Å²) in [7, 11) is 0. The Balaban J connectivity index is 1.68. The molecule has 0 saturated heterocycles. The van der Waals surface area contributed by atoms with Gasteiger partial charge in [0, 0.05) is 17.8 Å². The smallest absolute Gasteiger partial charge is 0.140 e. The zero-order chi connectivity index (χ0) is 17.3. The fourth-order valence-electron chi connectivity index (χ4n) is 7.59. The summed E-state index contributed by atoms with van der Waals surface area (Å²) in [6.07, 6.45) is 7.75. The van der Waals surface area contributed by atoms with E-state index in [1.54, 1.807) is 6.92 Å². The Morgan fingerprint density at radius 2 is 1.83 bits per heavy atom. The highest BCUT2D eigenvalue weighted by molar-refractivity contribution is 5.93. The maximum absolute atomic E-state index is 13.2. The van der Waals surface area contributed by atoms with E-state index < -0.39 is 5.41 Å². The zero-order valence-electron chi connectivity index (χ0n) is 15.4. The lowest BCUT2D eigenvalue weighted by molar-refractivity contribution is -0.161. The van der Waals surface area contributed by atoms with E-state index in [0.29, 0.717) is 35.9 Å². The maximum Gasteiger partial charge on any atom is 0.140 e. The monoisotopic (exact) mass is 332 g/mol. The molecule has 0 aromatic rings. The largest absolute Gasteiger partial charge is 0.393 e. The molecule has 4 aliphatic rings. The molecule has 0 bridgehead atoms. The van der Waals surface area contributed by atoms with Crippen molar-refractivity contribution in [1.82, 2.24) is 0 Å². The van der Waals surface area contributed by atoms with Crippen LogP contribution in [0.4, 0.5) is 0 Å². The van der Waals surface area contributed by atoms with E-state index in [9.17, 15) is 14.7 Å². The number of carbonyl (C=O) groups excluding carboxylic acids is 2. The summed E-state index contributed by atoms with van der Waals surface area (Å²) in [5, 5.41) is 10.1. The number of Topliss-reactive ketones (excluding diaryl/α,β-unsaturated/α-hetero) is 2. The molecule has 0 spiro atoms. The van der Waals surface area contributed by atoms with Crippen LogP contribution in [0, 0.1) is 40.4 Å². The molecule has 4 aliphatic carbocycles. The lowest BCUT2D eigenvalue weighted by Crippen LogP contribution is -2.57. The first kappa shape index (κ1) is 16.8. The SMILES string of the molecule is CC(=O)[C@H]1CCC2C3CC[C@@H]4C[C@@H](O)CC[C@]4(C)C3CC(=O)[C@@]21C. The lowest BCUT2D eigenvalue weighted by Gasteiger charge is -2.60. The van der Waals surface area contributed by atoms with Crippen molar-refractivity contribution in [2.45, 2.75) is 78.2 Å². The van der Waals surface area contributed by atoms with Crippen molar-refractivity contribution in [3.05, 3.63) is 0 Å². The fourth-order valence-corrected chi connectivity index (χ4v) is 7.59. The molecule has 0 amide bonds. The number of hydrogen-bond acceptors (Lipinski definition) is 3. The number of rotatable bonds is 1. The third-order valence-electron chi connectivity index (χ3n) is 8.99. The van der Waals surface area contributed by atoms with E-state index in [2.05, 4.69) is 13.8 Å². The van der Waals surface area contributed by atoms with E-state index in [1.165, 1.54) is 12.8 Å². The third-order valence-corrected chi connectivity index (χ3v) is 8.99. The quantitative estimate of drug-likeness (QED) is 0.795. The van der Waals surface area contributed by atoms with Crippen LogP contribution in [-0.2, 0) is 9.59 Å². The predicted octanol–water partition coefficient (Wildman–Crippen LogP) is 3.77. The molecule has 8 atom stereocenters. The molecule has 4 rings (SSSR count). The Labute approximate surface area is 145 Å². The van der Waals surface area contributed by atoms with Crippen LogP contribution in [0.2, 0.25) is 0 Å². The average molecular weight is 332 g/mol. The minimum atomic E-state index is -0.398. The van der Waals surface area contributed by atoms with Crippen molar-refractivity contribution in [2.75, 3.05) is 0 Å². The van der Waals surface area contributed by atoms with Crippen molar-refractivity contribution in [1.29, 1.82) is 0 Å². The van der Waals surface area contributed by atoms with Crippen LogP contribution in [0.3, 0.4) is 0 Å². The molecule has 3 nitrogen and oxygen atoms in total. The number of carbonyl (C=O) groups is 2. The molecule has 0 heterocycles. The van der Waals surface area contributed by atoms with Gasteiger partial charge >= 0.3 is 0 Å². The molecule has 0 aliphatic heterocycles. The predicted molar refractivity (Wildman–Crippen MR) is 92.3 cm³/mol. The first-order valence-corrected chi connectivity index (χ1v) is 10.00. The van der Waals surface area contributed by atoms with Gasteiger partial charge in [-0.25, -0.2) is 0 Å². The number of aliphatic hydroxyl groups is 1. The standard InChI is InChI=1S/C21H32O3/c1-12(22)16-6-7-17-15-5-4-13-10-14(23)8-9-20(13,2)18(15)11-19(24)21(16,17)3/h13-18,23H,4-11H2,1-3H3/t13-,14+,15?,16-,17?,18?,20+,21-/m1/s1. The van der Waals surface area contributed by atoms with Crippen LogP contribution in [-0.4, -0.2) is 22.8 Å². The number of fused-ring (bicyclic) bond motifs is 5. The van der Waals surface area contributed by atoms with Gasteiger partial charge in [-0.15, -0.1) is 0 Å². The highest BCUT2D eigenvalue weighted by Crippen LogP contribution is 2.66. The summed E-state index contributed by atoms with van der Waals surface area (Å²) < 4.78 is 0. The van der Waals surface area contributed by atoms with E-state index in [4.69, 9.17) is 0 Å².